The van der Waals surface area contributed by atoms with Gasteiger partial charge in [-0.1, -0.05) is 12.1 Å². The first-order chi connectivity index (χ1) is 9.51. The summed E-state index contributed by atoms with van der Waals surface area (Å²) in [6, 6.07) is 7.39. The Morgan fingerprint density at radius 2 is 1.75 bits per heavy atom. The third kappa shape index (κ3) is 3.18. The number of hydrogen-bond acceptors (Lipinski definition) is 2. The van der Waals surface area contributed by atoms with Gasteiger partial charge < -0.3 is 0 Å². The lowest BCUT2D eigenvalue weighted by molar-refractivity contribution is 0.521. The quantitative estimate of drug-likeness (QED) is 0.667. The fraction of sp³-hybridized carbons (Fsp3) is 0.200. The first-order valence-corrected chi connectivity index (χ1v) is 6.17. The Morgan fingerprint density at radius 1 is 1.05 bits per heavy atom. The molecule has 2 aromatic carbocycles. The second-order valence-corrected chi connectivity index (χ2v) is 4.67. The van der Waals surface area contributed by atoms with E-state index in [9.17, 15) is 13.2 Å². The van der Waals surface area contributed by atoms with Crippen molar-refractivity contribution in [2.45, 2.75) is 19.4 Å². The first kappa shape index (κ1) is 14.6. The van der Waals surface area contributed by atoms with Crippen LogP contribution in [0.25, 0.3) is 0 Å². The molecule has 106 valence electrons. The molecule has 1 atom stereocenters. The van der Waals surface area contributed by atoms with Gasteiger partial charge in [-0.15, -0.1) is 0 Å². The average Bonchev–Trinajstić information content (AvgIpc) is 2.43. The van der Waals surface area contributed by atoms with E-state index in [4.69, 9.17) is 5.84 Å². The van der Waals surface area contributed by atoms with E-state index in [1.165, 1.54) is 6.07 Å². The van der Waals surface area contributed by atoms with Crippen molar-refractivity contribution < 1.29 is 13.2 Å². The van der Waals surface area contributed by atoms with Crippen molar-refractivity contribution in [1.82, 2.24) is 5.43 Å². The minimum Gasteiger partial charge on any atom is -0.271 e. The zero-order valence-corrected chi connectivity index (χ0v) is 11.0. The van der Waals surface area contributed by atoms with Crippen molar-refractivity contribution in [2.75, 3.05) is 0 Å². The van der Waals surface area contributed by atoms with Crippen LogP contribution in [-0.4, -0.2) is 0 Å². The molecule has 0 aliphatic heterocycles. The summed E-state index contributed by atoms with van der Waals surface area (Å²) in [5.74, 6) is 4.15. The van der Waals surface area contributed by atoms with Gasteiger partial charge in [0.15, 0.2) is 0 Å². The van der Waals surface area contributed by atoms with Crippen LogP contribution in [0.3, 0.4) is 0 Å². The molecular formula is C15H15F3N2. The maximum absolute atomic E-state index is 13.6. The number of nitrogens with one attached hydrogen (secondary N) is 1. The molecule has 2 nitrogen and oxygen atoms in total. The zero-order chi connectivity index (χ0) is 14.7. The fourth-order valence-electron chi connectivity index (χ4n) is 2.08. The average molecular weight is 280 g/mol. The molecule has 0 radical (unpaired) electrons. The number of rotatable bonds is 4. The van der Waals surface area contributed by atoms with E-state index >= 15 is 0 Å². The Bertz CT molecular complexity index is 614. The van der Waals surface area contributed by atoms with Crippen molar-refractivity contribution >= 4 is 0 Å². The highest BCUT2D eigenvalue weighted by Crippen LogP contribution is 2.22. The molecule has 0 aliphatic rings. The van der Waals surface area contributed by atoms with E-state index in [0.717, 1.165) is 23.8 Å². The largest absolute Gasteiger partial charge is 0.271 e. The van der Waals surface area contributed by atoms with E-state index < -0.39 is 17.7 Å². The Hall–Kier alpha value is -1.85. The second-order valence-electron chi connectivity index (χ2n) is 4.67. The van der Waals surface area contributed by atoms with Crippen LogP contribution in [0.5, 0.6) is 0 Å². The predicted octanol–water partition coefficient (Wildman–Crippen LogP) is 3.16. The van der Waals surface area contributed by atoms with Crippen molar-refractivity contribution in [3.8, 4) is 0 Å². The van der Waals surface area contributed by atoms with Crippen LogP contribution in [0.15, 0.2) is 36.4 Å². The van der Waals surface area contributed by atoms with Crippen LogP contribution < -0.4 is 11.3 Å². The number of hydrogen-bond donors (Lipinski definition) is 2. The predicted molar refractivity (Wildman–Crippen MR) is 71.3 cm³/mol. The third-order valence-electron chi connectivity index (χ3n) is 3.22. The monoisotopic (exact) mass is 280 g/mol. The molecule has 3 N–H and O–H groups in total. The third-order valence-corrected chi connectivity index (χ3v) is 3.22. The van der Waals surface area contributed by atoms with Gasteiger partial charge in [0.25, 0.3) is 0 Å². The van der Waals surface area contributed by atoms with Gasteiger partial charge in [0.1, 0.15) is 17.5 Å². The number of benzene rings is 2. The van der Waals surface area contributed by atoms with Crippen molar-refractivity contribution in [3.05, 3.63) is 70.5 Å². The summed E-state index contributed by atoms with van der Waals surface area (Å²) in [6.45, 7) is 1.63. The highest BCUT2D eigenvalue weighted by Gasteiger charge is 2.15. The molecule has 0 spiro atoms. The lowest BCUT2D eigenvalue weighted by atomic mass is 9.97. The summed E-state index contributed by atoms with van der Waals surface area (Å²) in [6.07, 6.45) is 0.172. The van der Waals surface area contributed by atoms with Gasteiger partial charge in [0, 0.05) is 0 Å². The molecule has 0 amide bonds. The van der Waals surface area contributed by atoms with Crippen molar-refractivity contribution in [1.29, 1.82) is 0 Å². The summed E-state index contributed by atoms with van der Waals surface area (Å²) in [5, 5.41) is 0. The Kier molecular flexibility index (Phi) is 4.42. The molecule has 2 rings (SSSR count). The highest BCUT2D eigenvalue weighted by molar-refractivity contribution is 5.29. The van der Waals surface area contributed by atoms with Crippen LogP contribution in [0.2, 0.25) is 0 Å². The lowest BCUT2D eigenvalue weighted by Crippen LogP contribution is -2.30. The molecule has 2 aromatic rings. The molecular weight excluding hydrogens is 265 g/mol. The fourth-order valence-corrected chi connectivity index (χ4v) is 2.08. The molecule has 0 saturated carbocycles. The first-order valence-electron chi connectivity index (χ1n) is 6.17. The summed E-state index contributed by atoms with van der Waals surface area (Å²) in [7, 11) is 0. The van der Waals surface area contributed by atoms with Crippen LogP contribution in [0.1, 0.15) is 22.7 Å². The molecule has 5 heteroatoms. The van der Waals surface area contributed by atoms with Gasteiger partial charge in [0.2, 0.25) is 0 Å². The molecule has 1 unspecified atom stereocenters. The Labute approximate surface area is 115 Å². The minimum atomic E-state index is -0.507. The van der Waals surface area contributed by atoms with Crippen LogP contribution in [0, 0.1) is 24.4 Å². The smallest absolute Gasteiger partial charge is 0.126 e. The summed E-state index contributed by atoms with van der Waals surface area (Å²) < 4.78 is 40.0. The van der Waals surface area contributed by atoms with Crippen molar-refractivity contribution in [2.24, 2.45) is 5.84 Å². The SMILES string of the molecule is Cc1cc(C(Cc2cc(F)ccc2F)NN)ccc1F. The molecule has 0 aliphatic carbocycles. The van der Waals surface area contributed by atoms with Gasteiger partial charge in [0.05, 0.1) is 6.04 Å². The second kappa shape index (κ2) is 6.07. The highest BCUT2D eigenvalue weighted by atomic mass is 19.1. The van der Waals surface area contributed by atoms with Gasteiger partial charge in [-0.2, -0.15) is 0 Å². The van der Waals surface area contributed by atoms with E-state index in [2.05, 4.69) is 5.43 Å². The molecule has 0 saturated heterocycles. The number of nitrogens with two attached hydrogens (primary N) is 1. The van der Waals surface area contributed by atoms with Crippen LogP contribution >= 0.6 is 0 Å². The minimum absolute atomic E-state index is 0.172. The van der Waals surface area contributed by atoms with Crippen LogP contribution in [-0.2, 0) is 6.42 Å². The topological polar surface area (TPSA) is 38.0 Å². The normalized spacial score (nSPS) is 12.4. The maximum atomic E-state index is 13.6. The molecule has 0 fully saturated rings. The van der Waals surface area contributed by atoms with E-state index in [-0.39, 0.29) is 17.8 Å². The summed E-state index contributed by atoms with van der Waals surface area (Å²) >= 11 is 0. The maximum Gasteiger partial charge on any atom is 0.126 e. The summed E-state index contributed by atoms with van der Waals surface area (Å²) in [4.78, 5) is 0. The van der Waals surface area contributed by atoms with Crippen LogP contribution in [0.4, 0.5) is 13.2 Å². The van der Waals surface area contributed by atoms with E-state index in [1.54, 1.807) is 19.1 Å². The zero-order valence-electron chi connectivity index (χ0n) is 11.0. The van der Waals surface area contributed by atoms with Gasteiger partial charge in [-0.25, -0.2) is 13.2 Å². The Balaban J connectivity index is 2.28. The lowest BCUT2D eigenvalue weighted by Gasteiger charge is -2.17. The standard InChI is InChI=1S/C15H15F3N2/c1-9-6-10(2-4-13(9)17)15(20-19)8-11-7-12(16)3-5-14(11)18/h2-7,15,20H,8,19H2,1H3. The number of halogens is 3. The van der Waals surface area contributed by atoms with E-state index in [1.807, 2.05) is 0 Å². The van der Waals surface area contributed by atoms with E-state index in [0.29, 0.717) is 5.56 Å². The molecule has 0 bridgehead atoms. The van der Waals surface area contributed by atoms with Gasteiger partial charge in [-0.3, -0.25) is 11.3 Å². The molecule has 0 aromatic heterocycles. The van der Waals surface area contributed by atoms with Crippen molar-refractivity contribution in [3.63, 3.8) is 0 Å². The van der Waals surface area contributed by atoms with Gasteiger partial charge in [-0.05, 0) is 54.3 Å². The molecule has 0 heterocycles. The number of aryl methyl sites for hydroxylation is 1. The molecule has 20 heavy (non-hydrogen) atoms. The van der Waals surface area contributed by atoms with Gasteiger partial charge >= 0.3 is 0 Å². The summed E-state index contributed by atoms with van der Waals surface area (Å²) in [5.41, 5.74) is 3.96. The number of hydrazine groups is 1. The Morgan fingerprint density at radius 3 is 2.40 bits per heavy atom.